The number of nitrogen functional groups attached to an aromatic ring is 1. The molecule has 0 saturated carbocycles. The Labute approximate surface area is 111 Å². The van der Waals surface area contributed by atoms with Crippen molar-refractivity contribution in [3.05, 3.63) is 54.4 Å². The van der Waals surface area contributed by atoms with Gasteiger partial charge in [0, 0.05) is 23.1 Å². The van der Waals surface area contributed by atoms with E-state index in [4.69, 9.17) is 5.73 Å². The minimum atomic E-state index is 0.747. The summed E-state index contributed by atoms with van der Waals surface area (Å²) < 4.78 is 0. The molecule has 1 aromatic carbocycles. The van der Waals surface area contributed by atoms with Gasteiger partial charge in [-0.2, -0.15) is 0 Å². The third-order valence-corrected chi connectivity index (χ3v) is 2.98. The Bertz CT molecular complexity index is 684. The highest BCUT2D eigenvalue weighted by atomic mass is 14.9. The molecule has 0 amide bonds. The average molecular weight is 250 g/mol. The molecule has 0 fully saturated rings. The molecule has 3 aromatic rings. The number of pyridine rings is 1. The number of imidazole rings is 1. The van der Waals surface area contributed by atoms with Crippen LogP contribution in [0.1, 0.15) is 5.69 Å². The molecule has 19 heavy (non-hydrogen) atoms. The monoisotopic (exact) mass is 250 g/mol. The molecule has 0 saturated heterocycles. The number of hydrogen-bond donors (Lipinski definition) is 2. The number of aryl methyl sites for hydroxylation is 1. The molecule has 3 N–H and O–H groups in total. The van der Waals surface area contributed by atoms with Gasteiger partial charge in [0.05, 0.1) is 5.69 Å². The first-order valence-electron chi connectivity index (χ1n) is 6.08. The zero-order chi connectivity index (χ0) is 13.2. The van der Waals surface area contributed by atoms with Gasteiger partial charge in [-0.15, -0.1) is 0 Å². The van der Waals surface area contributed by atoms with Crippen LogP contribution in [0.2, 0.25) is 0 Å². The molecule has 2 heterocycles. The highest BCUT2D eigenvalue weighted by Gasteiger charge is 2.10. The Hall–Kier alpha value is -2.62. The summed E-state index contributed by atoms with van der Waals surface area (Å²) in [6.45, 7) is 2.00. The zero-order valence-corrected chi connectivity index (χ0v) is 10.6. The minimum absolute atomic E-state index is 0.747. The smallest absolute Gasteiger partial charge is 0.138 e. The van der Waals surface area contributed by atoms with Crippen LogP contribution in [0.4, 0.5) is 5.69 Å². The van der Waals surface area contributed by atoms with Crippen LogP contribution in [0.5, 0.6) is 0 Å². The topological polar surface area (TPSA) is 67.6 Å². The Morgan fingerprint density at radius 1 is 1.05 bits per heavy atom. The highest BCUT2D eigenvalue weighted by molar-refractivity contribution is 5.65. The van der Waals surface area contributed by atoms with Gasteiger partial charge in [-0.1, -0.05) is 6.07 Å². The van der Waals surface area contributed by atoms with Crippen LogP contribution in [0, 0.1) is 6.92 Å². The number of nitrogens with zero attached hydrogens (tertiary/aromatic N) is 2. The number of nitrogens with one attached hydrogen (secondary N) is 1. The average Bonchev–Trinajstić information content (AvgIpc) is 2.83. The van der Waals surface area contributed by atoms with Gasteiger partial charge in [0.25, 0.3) is 0 Å². The Morgan fingerprint density at radius 3 is 2.53 bits per heavy atom. The van der Waals surface area contributed by atoms with Crippen LogP contribution in [0.15, 0.2) is 48.7 Å². The highest BCUT2D eigenvalue weighted by Crippen LogP contribution is 2.24. The molecule has 0 atom stereocenters. The summed E-state index contributed by atoms with van der Waals surface area (Å²) >= 11 is 0. The van der Waals surface area contributed by atoms with E-state index >= 15 is 0 Å². The van der Waals surface area contributed by atoms with E-state index in [1.807, 2.05) is 49.4 Å². The number of hydrogen-bond acceptors (Lipinski definition) is 3. The number of aromatic amines is 1. The van der Waals surface area contributed by atoms with Crippen molar-refractivity contribution in [2.45, 2.75) is 6.92 Å². The van der Waals surface area contributed by atoms with Crippen molar-refractivity contribution in [2.24, 2.45) is 0 Å². The number of nitrogens with two attached hydrogens (primary N) is 1. The van der Waals surface area contributed by atoms with Crippen molar-refractivity contribution in [1.29, 1.82) is 0 Å². The molecule has 3 rings (SSSR count). The normalized spacial score (nSPS) is 10.6. The maximum Gasteiger partial charge on any atom is 0.138 e. The van der Waals surface area contributed by atoms with E-state index in [2.05, 4.69) is 15.0 Å². The van der Waals surface area contributed by atoms with Crippen molar-refractivity contribution in [3.8, 4) is 22.8 Å². The van der Waals surface area contributed by atoms with Crippen LogP contribution in [-0.2, 0) is 0 Å². The van der Waals surface area contributed by atoms with E-state index in [1.165, 1.54) is 0 Å². The SMILES string of the molecule is Cc1[nH]c(-c2ccc(N)cc2)nc1-c1ccccn1. The van der Waals surface area contributed by atoms with Gasteiger partial charge in [-0.3, -0.25) is 4.98 Å². The zero-order valence-electron chi connectivity index (χ0n) is 10.6. The van der Waals surface area contributed by atoms with Gasteiger partial charge in [0.15, 0.2) is 0 Å². The molecular formula is C15H14N4. The van der Waals surface area contributed by atoms with E-state index in [0.717, 1.165) is 34.2 Å². The summed E-state index contributed by atoms with van der Waals surface area (Å²) in [5.74, 6) is 0.832. The quantitative estimate of drug-likeness (QED) is 0.687. The van der Waals surface area contributed by atoms with Crippen molar-refractivity contribution in [1.82, 2.24) is 15.0 Å². The molecule has 94 valence electrons. The summed E-state index contributed by atoms with van der Waals surface area (Å²) in [7, 11) is 0. The Kier molecular flexibility index (Phi) is 2.76. The maximum absolute atomic E-state index is 5.69. The van der Waals surface area contributed by atoms with Crippen molar-refractivity contribution >= 4 is 5.69 Å². The molecule has 0 radical (unpaired) electrons. The summed E-state index contributed by atoms with van der Waals surface area (Å²) in [5, 5.41) is 0. The maximum atomic E-state index is 5.69. The number of rotatable bonds is 2. The predicted octanol–water partition coefficient (Wildman–Crippen LogP) is 3.03. The largest absolute Gasteiger partial charge is 0.399 e. The van der Waals surface area contributed by atoms with E-state index in [0.29, 0.717) is 0 Å². The molecule has 0 aliphatic carbocycles. The third-order valence-electron chi connectivity index (χ3n) is 2.98. The second-order valence-corrected chi connectivity index (χ2v) is 4.40. The molecule has 0 unspecified atom stereocenters. The third kappa shape index (κ3) is 2.20. The lowest BCUT2D eigenvalue weighted by Crippen LogP contribution is -1.85. The first kappa shape index (κ1) is 11.5. The number of benzene rings is 1. The van der Waals surface area contributed by atoms with Gasteiger partial charge in [0.2, 0.25) is 0 Å². The molecule has 2 aromatic heterocycles. The number of anilines is 1. The second kappa shape index (κ2) is 4.57. The lowest BCUT2D eigenvalue weighted by atomic mass is 10.2. The summed E-state index contributed by atoms with van der Waals surface area (Å²) in [4.78, 5) is 12.2. The Balaban J connectivity index is 2.04. The fraction of sp³-hybridized carbons (Fsp3) is 0.0667. The van der Waals surface area contributed by atoms with Gasteiger partial charge < -0.3 is 10.7 Å². The molecule has 0 aliphatic rings. The van der Waals surface area contributed by atoms with E-state index in [1.54, 1.807) is 6.20 Å². The van der Waals surface area contributed by atoms with Crippen molar-refractivity contribution in [2.75, 3.05) is 5.73 Å². The van der Waals surface area contributed by atoms with Gasteiger partial charge in [-0.25, -0.2) is 4.98 Å². The minimum Gasteiger partial charge on any atom is -0.399 e. The Morgan fingerprint density at radius 2 is 1.84 bits per heavy atom. The van der Waals surface area contributed by atoms with Gasteiger partial charge >= 0.3 is 0 Å². The predicted molar refractivity (Wildman–Crippen MR) is 76.4 cm³/mol. The second-order valence-electron chi connectivity index (χ2n) is 4.40. The lowest BCUT2D eigenvalue weighted by Gasteiger charge is -1.97. The molecular weight excluding hydrogens is 236 g/mol. The molecule has 4 nitrogen and oxygen atoms in total. The van der Waals surface area contributed by atoms with E-state index in [-0.39, 0.29) is 0 Å². The van der Waals surface area contributed by atoms with Crippen molar-refractivity contribution < 1.29 is 0 Å². The van der Waals surface area contributed by atoms with Gasteiger partial charge in [0.1, 0.15) is 11.5 Å². The van der Waals surface area contributed by atoms with E-state index < -0.39 is 0 Å². The molecule has 0 spiro atoms. The first-order chi connectivity index (χ1) is 9.24. The van der Waals surface area contributed by atoms with E-state index in [9.17, 15) is 0 Å². The molecule has 0 bridgehead atoms. The first-order valence-corrected chi connectivity index (χ1v) is 6.08. The van der Waals surface area contributed by atoms with Crippen LogP contribution in [-0.4, -0.2) is 15.0 Å². The summed E-state index contributed by atoms with van der Waals surface area (Å²) in [6, 6.07) is 13.5. The van der Waals surface area contributed by atoms with Crippen LogP contribution in [0.3, 0.4) is 0 Å². The van der Waals surface area contributed by atoms with Crippen molar-refractivity contribution in [3.63, 3.8) is 0 Å². The van der Waals surface area contributed by atoms with Crippen LogP contribution >= 0.6 is 0 Å². The number of H-pyrrole nitrogens is 1. The number of aromatic nitrogens is 3. The van der Waals surface area contributed by atoms with Crippen LogP contribution in [0.25, 0.3) is 22.8 Å². The molecule has 4 heteroatoms. The van der Waals surface area contributed by atoms with Crippen LogP contribution < -0.4 is 5.73 Å². The lowest BCUT2D eigenvalue weighted by molar-refractivity contribution is 1.25. The summed E-state index contributed by atoms with van der Waals surface area (Å²) in [5.41, 5.74) is 10.2. The fourth-order valence-electron chi connectivity index (χ4n) is 1.99. The standard InChI is InChI=1S/C15H14N4/c1-10-14(13-4-2-3-9-17-13)19-15(18-10)11-5-7-12(16)8-6-11/h2-9H,16H2,1H3,(H,18,19). The summed E-state index contributed by atoms with van der Waals surface area (Å²) in [6.07, 6.45) is 1.77. The fourth-order valence-corrected chi connectivity index (χ4v) is 1.99. The van der Waals surface area contributed by atoms with Gasteiger partial charge in [-0.05, 0) is 43.3 Å². The molecule has 0 aliphatic heterocycles.